The van der Waals surface area contributed by atoms with Crippen molar-refractivity contribution in [1.82, 2.24) is 4.72 Å². The molecule has 0 saturated heterocycles. The molecule has 1 aliphatic heterocycles. The summed E-state index contributed by atoms with van der Waals surface area (Å²) >= 11 is 0. The molecule has 0 aromatic heterocycles. The van der Waals surface area contributed by atoms with E-state index < -0.39 is 10.0 Å². The second-order valence-electron chi connectivity index (χ2n) is 3.75. The average Bonchev–Trinajstić information content (AvgIpc) is 2.76. The van der Waals surface area contributed by atoms with E-state index in [2.05, 4.69) is 21.9 Å². The Morgan fingerprint density at radius 3 is 3.06 bits per heavy atom. The summed E-state index contributed by atoms with van der Waals surface area (Å²) in [5.74, 6) is 5.32. The molecule has 2 rings (SSSR count). The summed E-state index contributed by atoms with van der Waals surface area (Å²) in [6.45, 7) is 2.69. The minimum Gasteiger partial charge on any atom is -0.384 e. The Morgan fingerprint density at radius 2 is 2.29 bits per heavy atom. The van der Waals surface area contributed by atoms with Gasteiger partial charge in [-0.25, -0.2) is 8.42 Å². The van der Waals surface area contributed by atoms with Crippen molar-refractivity contribution in [2.24, 2.45) is 0 Å². The highest BCUT2D eigenvalue weighted by Gasteiger charge is 2.17. The Balaban J connectivity index is 2.23. The van der Waals surface area contributed by atoms with E-state index in [0.29, 0.717) is 4.90 Å². The number of sulfonamides is 1. The van der Waals surface area contributed by atoms with E-state index in [4.69, 9.17) is 0 Å². The maximum atomic E-state index is 11.9. The molecule has 17 heavy (non-hydrogen) atoms. The van der Waals surface area contributed by atoms with Crippen LogP contribution in [0.25, 0.3) is 0 Å². The lowest BCUT2D eigenvalue weighted by atomic mass is 10.2. The van der Waals surface area contributed by atoms with Gasteiger partial charge in [0.1, 0.15) is 0 Å². The van der Waals surface area contributed by atoms with Crippen LogP contribution in [-0.2, 0) is 16.4 Å². The van der Waals surface area contributed by atoms with Gasteiger partial charge >= 0.3 is 0 Å². The summed E-state index contributed by atoms with van der Waals surface area (Å²) in [7, 11) is -3.43. The highest BCUT2D eigenvalue weighted by Crippen LogP contribution is 2.24. The molecule has 1 heterocycles. The van der Waals surface area contributed by atoms with Gasteiger partial charge in [-0.05, 0) is 37.1 Å². The molecular formula is C12H14N2O2S. The van der Waals surface area contributed by atoms with Crippen molar-refractivity contribution in [2.75, 3.05) is 18.4 Å². The van der Waals surface area contributed by atoms with Crippen molar-refractivity contribution >= 4 is 15.7 Å². The maximum absolute atomic E-state index is 11.9. The molecule has 0 saturated carbocycles. The number of anilines is 1. The van der Waals surface area contributed by atoms with E-state index in [1.807, 2.05) is 6.07 Å². The molecule has 1 aromatic carbocycles. The number of hydrogen-bond donors (Lipinski definition) is 2. The van der Waals surface area contributed by atoms with Crippen LogP contribution >= 0.6 is 0 Å². The van der Waals surface area contributed by atoms with Gasteiger partial charge < -0.3 is 5.32 Å². The highest BCUT2D eigenvalue weighted by molar-refractivity contribution is 7.89. The fraction of sp³-hybridized carbons (Fsp3) is 0.333. The molecule has 1 aliphatic rings. The van der Waals surface area contributed by atoms with Gasteiger partial charge in [-0.2, -0.15) is 4.72 Å². The molecule has 0 unspecified atom stereocenters. The van der Waals surface area contributed by atoms with Gasteiger partial charge in [-0.3, -0.25) is 0 Å². The Labute approximate surface area is 101 Å². The molecule has 0 spiro atoms. The van der Waals surface area contributed by atoms with Gasteiger partial charge in [0.2, 0.25) is 10.0 Å². The van der Waals surface area contributed by atoms with Gasteiger partial charge in [-0.1, -0.05) is 5.92 Å². The fourth-order valence-corrected chi connectivity index (χ4v) is 2.72. The van der Waals surface area contributed by atoms with Crippen LogP contribution in [0.15, 0.2) is 23.1 Å². The van der Waals surface area contributed by atoms with Gasteiger partial charge in [0.25, 0.3) is 0 Å². The summed E-state index contributed by atoms with van der Waals surface area (Å²) in [4.78, 5) is 0.304. The second-order valence-corrected chi connectivity index (χ2v) is 5.51. The summed E-state index contributed by atoms with van der Waals surface area (Å²) < 4.78 is 26.3. The van der Waals surface area contributed by atoms with E-state index >= 15 is 0 Å². The molecule has 0 radical (unpaired) electrons. The van der Waals surface area contributed by atoms with E-state index in [1.165, 1.54) is 0 Å². The van der Waals surface area contributed by atoms with Crippen LogP contribution in [0.2, 0.25) is 0 Å². The standard InChI is InChI=1S/C12H14N2O2S/c1-2-3-7-14-17(15,16)11-4-5-12-10(9-11)6-8-13-12/h4-5,9,13-14H,6-8H2,1H3. The summed E-state index contributed by atoms with van der Waals surface area (Å²) in [5, 5.41) is 3.19. The second kappa shape index (κ2) is 4.78. The van der Waals surface area contributed by atoms with Crippen molar-refractivity contribution in [1.29, 1.82) is 0 Å². The molecule has 0 amide bonds. The molecule has 1 aromatic rings. The Morgan fingerprint density at radius 1 is 1.47 bits per heavy atom. The van der Waals surface area contributed by atoms with Crippen LogP contribution in [0.3, 0.4) is 0 Å². The SMILES string of the molecule is CC#CCNS(=O)(=O)c1ccc2c(c1)CCN2. The van der Waals surface area contributed by atoms with E-state index in [1.54, 1.807) is 19.1 Å². The number of benzene rings is 1. The van der Waals surface area contributed by atoms with Gasteiger partial charge in [0, 0.05) is 12.2 Å². The Hall–Kier alpha value is -1.51. The normalized spacial score (nSPS) is 13.5. The molecule has 0 aliphatic carbocycles. The van der Waals surface area contributed by atoms with Crippen molar-refractivity contribution < 1.29 is 8.42 Å². The molecule has 0 fully saturated rings. The van der Waals surface area contributed by atoms with Gasteiger partial charge in [0.15, 0.2) is 0 Å². The predicted molar refractivity (Wildman–Crippen MR) is 67.3 cm³/mol. The van der Waals surface area contributed by atoms with Crippen LogP contribution in [0, 0.1) is 11.8 Å². The lowest BCUT2D eigenvalue weighted by Gasteiger charge is -2.06. The van der Waals surface area contributed by atoms with E-state index in [0.717, 1.165) is 24.2 Å². The van der Waals surface area contributed by atoms with E-state index in [9.17, 15) is 8.42 Å². The lowest BCUT2D eigenvalue weighted by Crippen LogP contribution is -2.24. The van der Waals surface area contributed by atoms with E-state index in [-0.39, 0.29) is 6.54 Å². The van der Waals surface area contributed by atoms with Crippen LogP contribution in [0.1, 0.15) is 12.5 Å². The quantitative estimate of drug-likeness (QED) is 0.785. The first-order valence-electron chi connectivity index (χ1n) is 5.39. The zero-order valence-electron chi connectivity index (χ0n) is 9.58. The lowest BCUT2D eigenvalue weighted by molar-refractivity contribution is 0.586. The summed E-state index contributed by atoms with van der Waals surface area (Å²) in [6.07, 6.45) is 0.869. The Bertz CT molecular complexity index is 582. The third-order valence-electron chi connectivity index (χ3n) is 2.62. The number of rotatable bonds is 3. The highest BCUT2D eigenvalue weighted by atomic mass is 32.2. The largest absolute Gasteiger partial charge is 0.384 e. The zero-order valence-corrected chi connectivity index (χ0v) is 10.4. The molecule has 2 N–H and O–H groups in total. The number of nitrogens with one attached hydrogen (secondary N) is 2. The minimum absolute atomic E-state index is 0.147. The average molecular weight is 250 g/mol. The predicted octanol–water partition coefficient (Wildman–Crippen LogP) is 0.956. The molecule has 0 bridgehead atoms. The first-order valence-corrected chi connectivity index (χ1v) is 6.88. The molecule has 90 valence electrons. The van der Waals surface area contributed by atoms with Gasteiger partial charge in [0.05, 0.1) is 11.4 Å². The maximum Gasteiger partial charge on any atom is 0.241 e. The number of hydrogen-bond acceptors (Lipinski definition) is 3. The third-order valence-corrected chi connectivity index (χ3v) is 4.02. The topological polar surface area (TPSA) is 58.2 Å². The van der Waals surface area contributed by atoms with Crippen LogP contribution in [0.5, 0.6) is 0 Å². The first kappa shape index (κ1) is 12.0. The van der Waals surface area contributed by atoms with Crippen molar-refractivity contribution in [3.05, 3.63) is 23.8 Å². The van der Waals surface area contributed by atoms with Crippen LogP contribution < -0.4 is 10.0 Å². The zero-order chi connectivity index (χ0) is 12.3. The third kappa shape index (κ3) is 2.60. The first-order chi connectivity index (χ1) is 8.13. The van der Waals surface area contributed by atoms with Crippen molar-refractivity contribution in [3.8, 4) is 11.8 Å². The van der Waals surface area contributed by atoms with Crippen LogP contribution in [-0.4, -0.2) is 21.5 Å². The summed E-state index contributed by atoms with van der Waals surface area (Å²) in [5.41, 5.74) is 2.08. The van der Waals surface area contributed by atoms with Crippen LogP contribution in [0.4, 0.5) is 5.69 Å². The Kier molecular flexibility index (Phi) is 3.36. The molecule has 4 nitrogen and oxygen atoms in total. The molecule has 0 atom stereocenters. The van der Waals surface area contributed by atoms with Crippen molar-refractivity contribution in [3.63, 3.8) is 0 Å². The minimum atomic E-state index is -3.43. The molecular weight excluding hydrogens is 236 g/mol. The summed E-state index contributed by atoms with van der Waals surface area (Å²) in [6, 6.07) is 5.14. The number of fused-ring (bicyclic) bond motifs is 1. The van der Waals surface area contributed by atoms with Gasteiger partial charge in [-0.15, -0.1) is 5.92 Å². The monoisotopic (exact) mass is 250 g/mol. The smallest absolute Gasteiger partial charge is 0.241 e. The fourth-order valence-electron chi connectivity index (χ4n) is 1.75. The molecule has 5 heteroatoms. The van der Waals surface area contributed by atoms with Crippen molar-refractivity contribution in [2.45, 2.75) is 18.2 Å².